The van der Waals surface area contributed by atoms with Gasteiger partial charge >= 0.3 is 13.8 Å². The van der Waals surface area contributed by atoms with Crippen molar-refractivity contribution in [1.82, 2.24) is 0 Å². The zero-order valence-electron chi connectivity index (χ0n) is 9.33. The number of aliphatic hydroxyl groups is 4. The Kier molecular flexibility index (Phi) is 4.98. The first kappa shape index (κ1) is 14.5. The van der Waals surface area contributed by atoms with Gasteiger partial charge in [0.2, 0.25) is 5.60 Å². The van der Waals surface area contributed by atoms with E-state index in [1.807, 2.05) is 0 Å². The molecule has 7 N–H and O–H groups in total. The van der Waals surface area contributed by atoms with Crippen LogP contribution in [-0.4, -0.2) is 72.3 Å². The second-order valence-electron chi connectivity index (χ2n) is 3.17. The molecule has 102 valence electrons. The van der Waals surface area contributed by atoms with Crippen LogP contribution >= 0.6 is 7.82 Å². The van der Waals surface area contributed by atoms with Crippen LogP contribution in [0.25, 0.3) is 1.43 Å². The summed E-state index contributed by atoms with van der Waals surface area (Å²) in [7, 11) is -5.07. The lowest BCUT2D eigenvalue weighted by Gasteiger charge is -2.30. The fraction of sp³-hybridized carbons (Fsp3) is 0.833. The largest absolute Gasteiger partial charge is 0.479 e. The molecule has 0 aromatic heterocycles. The zero-order valence-corrected chi connectivity index (χ0v) is 9.23. The normalized spacial score (nSPS) is 20.0. The Labute approximate surface area is 96.4 Å². The number of carboxylic acid groups (broad SMARTS) is 1. The molecule has 17 heavy (non-hydrogen) atoms. The van der Waals surface area contributed by atoms with Crippen LogP contribution in [0.4, 0.5) is 0 Å². The minimum atomic E-state index is -5.07. The molecule has 0 saturated heterocycles. The summed E-state index contributed by atoms with van der Waals surface area (Å²) < 4.78 is 20.5. The average molecular weight is 277 g/mol. The number of carbonyl (C=O) groups is 1. The molecule has 0 saturated carbocycles. The van der Waals surface area contributed by atoms with Crippen molar-refractivity contribution in [3.05, 3.63) is 0 Å². The van der Waals surface area contributed by atoms with Crippen molar-refractivity contribution in [3.63, 3.8) is 0 Å². The van der Waals surface area contributed by atoms with Crippen LogP contribution in [0.1, 0.15) is 0 Å². The topological polar surface area (TPSA) is 185 Å². The van der Waals surface area contributed by atoms with E-state index >= 15 is 0 Å². The summed E-state index contributed by atoms with van der Waals surface area (Å²) in [5.74, 6) is -1.82. The molecule has 0 aromatic rings. The maximum Gasteiger partial charge on any atom is 0.469 e. The van der Waals surface area contributed by atoms with Gasteiger partial charge in [0.15, 0.2) is 0 Å². The maximum absolute atomic E-state index is 11.1. The predicted molar refractivity (Wildman–Crippen MR) is 49.7 cm³/mol. The number of carboxylic acids is 1. The standard InChI is InChI=1S/C6H13O10P/c7-1-3(8)4(9)6(12,5(10)11)2-16-17(13,14)15/h3-4,7-9,12H,1-2H2,(H,10,11)(H2,13,14,15)/t3-,4-,6-/m1/s1/i/hD. The fourth-order valence-electron chi connectivity index (χ4n) is 0.866. The summed E-state index contributed by atoms with van der Waals surface area (Å²) in [6.07, 6.45) is -4.40. The van der Waals surface area contributed by atoms with Crippen LogP contribution in [0, 0.1) is 0 Å². The molecule has 3 atom stereocenters. The Hall–Kier alpha value is -0.580. The van der Waals surface area contributed by atoms with E-state index in [0.717, 1.165) is 0 Å². The molecule has 10 nitrogen and oxygen atoms in total. The van der Waals surface area contributed by atoms with Crippen molar-refractivity contribution in [2.75, 3.05) is 13.2 Å². The Morgan fingerprint density at radius 1 is 1.47 bits per heavy atom. The molecule has 0 fully saturated rings. The van der Waals surface area contributed by atoms with Crippen LogP contribution in [0.5, 0.6) is 0 Å². The van der Waals surface area contributed by atoms with E-state index in [9.17, 15) is 19.6 Å². The molecular formula is C6H13O10P. The number of rotatable bonds is 7. The Morgan fingerprint density at radius 2 is 2.00 bits per heavy atom. The molecule has 11 heteroatoms. The summed E-state index contributed by atoms with van der Waals surface area (Å²) in [6, 6.07) is 0. The third kappa shape index (κ3) is 4.66. The number of hydrogen-bond donors (Lipinski definition) is 7. The molecule has 0 aliphatic heterocycles. The molecular weight excluding hydrogens is 263 g/mol. The minimum absolute atomic E-state index is 1.06. The highest BCUT2D eigenvalue weighted by atomic mass is 31.2. The number of aliphatic hydroxyl groups excluding tert-OH is 3. The van der Waals surface area contributed by atoms with Crippen molar-refractivity contribution in [2.45, 2.75) is 17.8 Å². The summed E-state index contributed by atoms with van der Waals surface area (Å²) in [5.41, 5.74) is -3.12. The quantitative estimate of drug-likeness (QED) is 0.231. The van der Waals surface area contributed by atoms with Crippen LogP contribution < -0.4 is 0 Å². The van der Waals surface area contributed by atoms with Gasteiger partial charge in [-0.2, -0.15) is 0 Å². The van der Waals surface area contributed by atoms with Crippen LogP contribution in [0.3, 0.4) is 0 Å². The maximum atomic E-state index is 11.1. The first-order valence-electron chi connectivity index (χ1n) is 4.56. The summed E-state index contributed by atoms with van der Waals surface area (Å²) in [4.78, 5) is 27.9. The van der Waals surface area contributed by atoms with E-state index in [2.05, 4.69) is 9.63 Å². The van der Waals surface area contributed by atoms with Gasteiger partial charge < -0.3 is 35.3 Å². The highest BCUT2D eigenvalue weighted by Gasteiger charge is 2.48. The van der Waals surface area contributed by atoms with Gasteiger partial charge in [0.1, 0.15) is 18.8 Å². The third-order valence-corrected chi connectivity index (χ3v) is 2.31. The number of hydrogen-bond acceptors (Lipinski definition) is 8. The van der Waals surface area contributed by atoms with Gasteiger partial charge in [-0.05, 0) is 0 Å². The van der Waals surface area contributed by atoms with Crippen molar-refractivity contribution < 1.29 is 49.2 Å². The van der Waals surface area contributed by atoms with Crippen molar-refractivity contribution in [3.8, 4) is 0 Å². The number of aliphatic carboxylic acids is 1. The van der Waals surface area contributed by atoms with Gasteiger partial charge in [0, 0.05) is 0 Å². The monoisotopic (exact) mass is 277 g/mol. The lowest BCUT2D eigenvalue weighted by Crippen LogP contribution is -2.58. The second-order valence-corrected chi connectivity index (χ2v) is 4.41. The van der Waals surface area contributed by atoms with Gasteiger partial charge in [0.25, 0.3) is 1.43 Å². The van der Waals surface area contributed by atoms with E-state index in [1.54, 1.807) is 0 Å². The summed E-state index contributed by atoms with van der Waals surface area (Å²) in [6.45, 7) is -2.52. The van der Waals surface area contributed by atoms with E-state index < -0.39 is 44.8 Å². The van der Waals surface area contributed by atoms with Gasteiger partial charge in [0.05, 0.1) is 6.61 Å². The molecule has 0 bridgehead atoms. The molecule has 0 aromatic carbocycles. The molecule has 0 heterocycles. The van der Waals surface area contributed by atoms with Crippen molar-refractivity contribution in [1.29, 1.82) is 1.43 Å². The minimum Gasteiger partial charge on any atom is -0.479 e. The summed E-state index contributed by atoms with van der Waals surface area (Å²) >= 11 is 0. The molecule has 0 aliphatic carbocycles. The molecule has 0 amide bonds. The van der Waals surface area contributed by atoms with Gasteiger partial charge in [-0.15, -0.1) is 0 Å². The zero-order chi connectivity index (χ0) is 14.6. The SMILES string of the molecule is [2H]OC(=O)[C@@](O)(COP(=O)(O)O)[C@H](O)[C@H](O)CO. The van der Waals surface area contributed by atoms with Crippen LogP contribution in [-0.2, 0) is 13.9 Å². The summed E-state index contributed by atoms with van der Waals surface area (Å²) in [5, 5.41) is 40.0. The van der Waals surface area contributed by atoms with E-state index in [0.29, 0.717) is 0 Å². The number of phosphoric ester groups is 1. The lowest BCUT2D eigenvalue weighted by molar-refractivity contribution is -0.190. The van der Waals surface area contributed by atoms with Gasteiger partial charge in [-0.3, -0.25) is 4.52 Å². The second kappa shape index (κ2) is 5.85. The van der Waals surface area contributed by atoms with E-state index in [-0.39, 0.29) is 0 Å². The van der Waals surface area contributed by atoms with Gasteiger partial charge in [-0.25, -0.2) is 9.36 Å². The van der Waals surface area contributed by atoms with Crippen molar-refractivity contribution >= 4 is 13.8 Å². The third-order valence-electron chi connectivity index (χ3n) is 1.85. The Bertz CT molecular complexity index is 330. The Balaban J connectivity index is 5.06. The molecule has 0 unspecified atom stereocenters. The highest BCUT2D eigenvalue weighted by Crippen LogP contribution is 2.37. The molecule has 0 radical (unpaired) electrons. The van der Waals surface area contributed by atoms with Crippen molar-refractivity contribution in [2.24, 2.45) is 0 Å². The first-order valence-corrected chi connectivity index (χ1v) is 5.68. The number of phosphoric acid groups is 1. The molecule has 0 rings (SSSR count). The average Bonchev–Trinajstić information content (AvgIpc) is 2.31. The predicted octanol–water partition coefficient (Wildman–Crippen LogP) is -3.37. The van der Waals surface area contributed by atoms with Crippen LogP contribution in [0.2, 0.25) is 0 Å². The fourth-order valence-corrected chi connectivity index (χ4v) is 1.23. The molecule has 0 spiro atoms. The smallest absolute Gasteiger partial charge is 0.469 e. The molecule has 0 aliphatic rings. The first-order chi connectivity index (χ1) is 8.08. The van der Waals surface area contributed by atoms with E-state index in [1.165, 1.54) is 0 Å². The van der Waals surface area contributed by atoms with E-state index in [4.69, 9.17) is 21.4 Å². The lowest BCUT2D eigenvalue weighted by atomic mass is 9.94. The Morgan fingerprint density at radius 3 is 2.35 bits per heavy atom. The van der Waals surface area contributed by atoms with Crippen LogP contribution in [0.15, 0.2) is 0 Å². The van der Waals surface area contributed by atoms with Gasteiger partial charge in [-0.1, -0.05) is 0 Å². The highest BCUT2D eigenvalue weighted by molar-refractivity contribution is 7.46.